The van der Waals surface area contributed by atoms with Crippen molar-refractivity contribution in [1.29, 1.82) is 0 Å². The molecule has 6 heteroatoms. The molecule has 2 N–H and O–H groups in total. The molecule has 1 aromatic carbocycles. The summed E-state index contributed by atoms with van der Waals surface area (Å²) in [5.74, 6) is 1.65. The van der Waals surface area contributed by atoms with Gasteiger partial charge < -0.3 is 15.4 Å². The SMILES string of the molecule is O=C(NC1C2CCN(CC2)C12CC2)c1cc2ccc3c(c2s1)NCCO3. The van der Waals surface area contributed by atoms with Gasteiger partial charge in [0.25, 0.3) is 5.91 Å². The van der Waals surface area contributed by atoms with E-state index in [0.29, 0.717) is 18.6 Å². The van der Waals surface area contributed by atoms with Crippen molar-refractivity contribution in [3.8, 4) is 5.75 Å². The van der Waals surface area contributed by atoms with Gasteiger partial charge in [-0.15, -0.1) is 11.3 Å². The van der Waals surface area contributed by atoms with E-state index in [1.807, 2.05) is 12.1 Å². The second kappa shape index (κ2) is 5.36. The molecule has 2 aromatic rings. The Morgan fingerprint density at radius 1 is 1.31 bits per heavy atom. The molecule has 136 valence electrons. The number of carbonyl (C=O) groups excluding carboxylic acids is 1. The lowest BCUT2D eigenvalue weighted by atomic mass is 9.77. The predicted molar refractivity (Wildman–Crippen MR) is 103 cm³/mol. The molecular formula is C20H23N3O2S. The molecule has 1 aromatic heterocycles. The molecule has 1 aliphatic carbocycles. The van der Waals surface area contributed by atoms with E-state index in [-0.39, 0.29) is 11.4 Å². The topological polar surface area (TPSA) is 53.6 Å². The van der Waals surface area contributed by atoms with Crippen LogP contribution in [0.15, 0.2) is 18.2 Å². The Hall–Kier alpha value is -1.79. The fraction of sp³-hybridized carbons (Fsp3) is 0.550. The lowest BCUT2D eigenvalue weighted by Crippen LogP contribution is -2.65. The van der Waals surface area contributed by atoms with Crippen LogP contribution in [0.2, 0.25) is 0 Å². The molecule has 5 nitrogen and oxygen atoms in total. The molecule has 1 saturated carbocycles. The Bertz CT molecular complexity index is 896. The normalized spacial score (nSPS) is 30.5. The van der Waals surface area contributed by atoms with Crippen molar-refractivity contribution >= 4 is 33.0 Å². The molecule has 26 heavy (non-hydrogen) atoms. The number of hydrogen-bond donors (Lipinski definition) is 2. The molecule has 1 amide bonds. The first-order chi connectivity index (χ1) is 12.7. The Kier molecular flexibility index (Phi) is 3.15. The molecule has 0 radical (unpaired) electrons. The molecule has 5 heterocycles. The van der Waals surface area contributed by atoms with Crippen molar-refractivity contribution in [1.82, 2.24) is 10.2 Å². The first-order valence-corrected chi connectivity index (χ1v) is 10.6. The summed E-state index contributed by atoms with van der Waals surface area (Å²) in [5.41, 5.74) is 1.32. The number of hydrogen-bond acceptors (Lipinski definition) is 5. The highest BCUT2D eigenvalue weighted by atomic mass is 32.1. The van der Waals surface area contributed by atoms with E-state index in [9.17, 15) is 4.79 Å². The van der Waals surface area contributed by atoms with Gasteiger partial charge in [-0.05, 0) is 68.3 Å². The van der Waals surface area contributed by atoms with Gasteiger partial charge in [-0.25, -0.2) is 0 Å². The van der Waals surface area contributed by atoms with E-state index in [1.165, 1.54) is 38.8 Å². The van der Waals surface area contributed by atoms with E-state index in [0.717, 1.165) is 32.9 Å². The molecule has 1 atom stereocenters. The lowest BCUT2D eigenvalue weighted by Gasteiger charge is -2.52. The summed E-state index contributed by atoms with van der Waals surface area (Å²) in [6, 6.07) is 6.43. The van der Waals surface area contributed by atoms with Gasteiger partial charge >= 0.3 is 0 Å². The Labute approximate surface area is 156 Å². The van der Waals surface area contributed by atoms with Crippen molar-refractivity contribution in [3.63, 3.8) is 0 Å². The molecule has 5 aliphatic rings. The van der Waals surface area contributed by atoms with E-state index < -0.39 is 0 Å². The number of nitrogens with zero attached hydrogens (tertiary/aromatic N) is 1. The maximum atomic E-state index is 13.1. The number of nitrogens with one attached hydrogen (secondary N) is 2. The van der Waals surface area contributed by atoms with Crippen molar-refractivity contribution < 1.29 is 9.53 Å². The number of piperidine rings is 3. The summed E-state index contributed by atoms with van der Waals surface area (Å²) in [6.07, 6.45) is 4.95. The van der Waals surface area contributed by atoms with Crippen molar-refractivity contribution in [2.75, 3.05) is 31.6 Å². The Morgan fingerprint density at radius 2 is 2.15 bits per heavy atom. The number of anilines is 1. The van der Waals surface area contributed by atoms with Gasteiger partial charge in [0.05, 0.1) is 21.3 Å². The van der Waals surface area contributed by atoms with E-state index >= 15 is 0 Å². The number of fused-ring (bicyclic) bond motifs is 5. The molecule has 1 spiro atoms. The van der Waals surface area contributed by atoms with Crippen LogP contribution in [0, 0.1) is 5.92 Å². The summed E-state index contributed by atoms with van der Waals surface area (Å²) in [7, 11) is 0. The van der Waals surface area contributed by atoms with Gasteiger partial charge in [0.1, 0.15) is 12.4 Å². The Balaban J connectivity index is 1.31. The van der Waals surface area contributed by atoms with Crippen molar-refractivity contribution in [3.05, 3.63) is 23.1 Å². The maximum Gasteiger partial charge on any atom is 0.261 e. The van der Waals surface area contributed by atoms with Crippen molar-refractivity contribution in [2.45, 2.75) is 37.3 Å². The first-order valence-electron chi connectivity index (χ1n) is 9.74. The van der Waals surface area contributed by atoms with Crippen molar-refractivity contribution in [2.24, 2.45) is 5.92 Å². The van der Waals surface area contributed by atoms with Gasteiger partial charge in [-0.1, -0.05) is 0 Å². The number of carbonyl (C=O) groups is 1. The quantitative estimate of drug-likeness (QED) is 0.854. The third kappa shape index (κ3) is 2.09. The monoisotopic (exact) mass is 369 g/mol. The molecule has 3 saturated heterocycles. The molecule has 4 fully saturated rings. The summed E-state index contributed by atoms with van der Waals surface area (Å²) in [4.78, 5) is 16.5. The molecule has 7 rings (SSSR count). The Morgan fingerprint density at radius 3 is 2.96 bits per heavy atom. The number of thiophene rings is 1. The average Bonchev–Trinajstić information content (AvgIpc) is 3.33. The van der Waals surface area contributed by atoms with Crippen LogP contribution in [-0.4, -0.2) is 48.6 Å². The third-order valence-electron chi connectivity index (χ3n) is 6.80. The second-order valence-electron chi connectivity index (χ2n) is 8.12. The van der Waals surface area contributed by atoms with Crippen LogP contribution < -0.4 is 15.4 Å². The zero-order valence-electron chi connectivity index (χ0n) is 14.7. The zero-order valence-corrected chi connectivity index (χ0v) is 15.5. The van der Waals surface area contributed by atoms with Gasteiger partial charge in [-0.3, -0.25) is 9.69 Å². The van der Waals surface area contributed by atoms with Crippen LogP contribution >= 0.6 is 11.3 Å². The van der Waals surface area contributed by atoms with E-state index in [2.05, 4.69) is 21.6 Å². The molecular weight excluding hydrogens is 346 g/mol. The van der Waals surface area contributed by atoms with Crippen LogP contribution in [0.5, 0.6) is 5.75 Å². The standard InChI is InChI=1S/C20H23N3O2S/c24-19(22-18-12-3-8-23(9-4-12)20(18)5-6-20)15-11-13-1-2-14-16(17(13)26-15)21-7-10-25-14/h1-2,11-12,18,21H,3-10H2,(H,22,24). The highest BCUT2D eigenvalue weighted by Crippen LogP contribution is 2.53. The third-order valence-corrected chi connectivity index (χ3v) is 7.97. The van der Waals surface area contributed by atoms with Gasteiger partial charge in [0.2, 0.25) is 0 Å². The number of amides is 1. The summed E-state index contributed by atoms with van der Waals surface area (Å²) in [6.45, 7) is 3.95. The minimum absolute atomic E-state index is 0.0988. The van der Waals surface area contributed by atoms with Gasteiger partial charge in [0, 0.05) is 12.1 Å². The van der Waals surface area contributed by atoms with Crippen LogP contribution in [0.25, 0.3) is 10.1 Å². The minimum Gasteiger partial charge on any atom is -0.490 e. The van der Waals surface area contributed by atoms with Crippen LogP contribution in [0.3, 0.4) is 0 Å². The van der Waals surface area contributed by atoms with Gasteiger partial charge in [0.15, 0.2) is 0 Å². The molecule has 4 aliphatic heterocycles. The first kappa shape index (κ1) is 15.3. The summed E-state index contributed by atoms with van der Waals surface area (Å²) in [5, 5.41) is 7.99. The highest BCUT2D eigenvalue weighted by Gasteiger charge is 2.60. The smallest absolute Gasteiger partial charge is 0.261 e. The highest BCUT2D eigenvalue weighted by molar-refractivity contribution is 7.21. The molecule has 2 bridgehead atoms. The fourth-order valence-corrected chi connectivity index (χ4v) is 6.43. The number of ether oxygens (including phenoxy) is 1. The van der Waals surface area contributed by atoms with E-state index in [4.69, 9.17) is 4.74 Å². The fourth-order valence-electron chi connectivity index (χ4n) is 5.35. The predicted octanol–water partition coefficient (Wildman–Crippen LogP) is 3.06. The minimum atomic E-state index is 0.0988. The van der Waals surface area contributed by atoms with E-state index in [1.54, 1.807) is 11.3 Å². The van der Waals surface area contributed by atoms with Gasteiger partial charge in [-0.2, -0.15) is 0 Å². The average molecular weight is 369 g/mol. The molecule has 1 unspecified atom stereocenters. The maximum absolute atomic E-state index is 13.1. The number of benzene rings is 1. The second-order valence-corrected chi connectivity index (χ2v) is 9.17. The van der Waals surface area contributed by atoms with Crippen LogP contribution in [0.1, 0.15) is 35.4 Å². The largest absolute Gasteiger partial charge is 0.490 e. The summed E-state index contributed by atoms with van der Waals surface area (Å²) >= 11 is 1.58. The zero-order chi connectivity index (χ0) is 17.3. The van der Waals surface area contributed by atoms with Crippen LogP contribution in [-0.2, 0) is 0 Å². The van der Waals surface area contributed by atoms with Crippen LogP contribution in [0.4, 0.5) is 5.69 Å². The lowest BCUT2D eigenvalue weighted by molar-refractivity contribution is -0.00138. The summed E-state index contributed by atoms with van der Waals surface area (Å²) < 4.78 is 6.86. The number of rotatable bonds is 2.